The van der Waals surface area contributed by atoms with E-state index in [4.69, 9.17) is 45.3 Å². The predicted octanol–water partition coefficient (Wildman–Crippen LogP) is 3.11. The minimum absolute atomic E-state index is 0.294. The molecule has 1 aromatic carbocycles. The number of rotatable bonds is 2. The first-order chi connectivity index (χ1) is 6.11. The molecule has 5 heteroatoms. The Kier molecular flexibility index (Phi) is 3.68. The Morgan fingerprint density at radius 1 is 1.31 bits per heavy atom. The quantitative estimate of drug-likeness (QED) is 0.806. The van der Waals surface area contributed by atoms with Crippen molar-refractivity contribution in [2.24, 2.45) is 5.73 Å². The van der Waals surface area contributed by atoms with Crippen molar-refractivity contribution in [1.29, 1.82) is 0 Å². The average Bonchev–Trinajstić information content (AvgIpc) is 2.12. The molecule has 1 aromatic rings. The number of ether oxygens (including phenoxy) is 1. The maximum Gasteiger partial charge on any atom is 0.157 e. The lowest BCUT2D eigenvalue weighted by molar-refractivity contribution is 0.415. The van der Waals surface area contributed by atoms with E-state index in [1.54, 1.807) is 6.07 Å². The largest absolute Gasteiger partial charge is 0.494 e. The smallest absolute Gasteiger partial charge is 0.157 e. The number of benzene rings is 1. The van der Waals surface area contributed by atoms with Crippen molar-refractivity contribution < 1.29 is 4.74 Å². The third-order valence-corrected chi connectivity index (χ3v) is 2.79. The van der Waals surface area contributed by atoms with Gasteiger partial charge in [0.2, 0.25) is 0 Å². The molecule has 0 aliphatic rings. The van der Waals surface area contributed by atoms with Crippen LogP contribution in [0.1, 0.15) is 5.56 Å². The van der Waals surface area contributed by atoms with E-state index in [0.29, 0.717) is 32.9 Å². The molecule has 0 radical (unpaired) electrons. The highest BCUT2D eigenvalue weighted by Crippen LogP contribution is 2.40. The van der Waals surface area contributed by atoms with Crippen molar-refractivity contribution in [3.8, 4) is 5.75 Å². The molecule has 0 amide bonds. The number of hydrogen-bond donors (Lipinski definition) is 1. The van der Waals surface area contributed by atoms with E-state index in [9.17, 15) is 0 Å². The van der Waals surface area contributed by atoms with E-state index in [-0.39, 0.29) is 0 Å². The second kappa shape index (κ2) is 4.38. The van der Waals surface area contributed by atoms with Crippen molar-refractivity contribution in [2.45, 2.75) is 6.54 Å². The first kappa shape index (κ1) is 10.9. The summed E-state index contributed by atoms with van der Waals surface area (Å²) in [6, 6.07) is 1.65. The first-order valence-electron chi connectivity index (χ1n) is 3.52. The molecule has 0 saturated heterocycles. The minimum atomic E-state index is 0.294. The summed E-state index contributed by atoms with van der Waals surface area (Å²) in [5.41, 5.74) is 6.14. The minimum Gasteiger partial charge on any atom is -0.494 e. The van der Waals surface area contributed by atoms with Crippen LogP contribution in [0.2, 0.25) is 15.1 Å². The van der Waals surface area contributed by atoms with Gasteiger partial charge in [-0.25, -0.2) is 0 Å². The van der Waals surface area contributed by atoms with Gasteiger partial charge < -0.3 is 10.5 Å². The van der Waals surface area contributed by atoms with Crippen molar-refractivity contribution in [3.05, 3.63) is 26.7 Å². The van der Waals surface area contributed by atoms with Gasteiger partial charge in [-0.05, 0) is 11.6 Å². The molecule has 0 aliphatic carbocycles. The van der Waals surface area contributed by atoms with Crippen molar-refractivity contribution in [2.75, 3.05) is 7.11 Å². The highest BCUT2D eigenvalue weighted by atomic mass is 35.5. The van der Waals surface area contributed by atoms with Crippen molar-refractivity contribution in [1.82, 2.24) is 0 Å². The zero-order chi connectivity index (χ0) is 10.0. The van der Waals surface area contributed by atoms with Crippen LogP contribution in [0.15, 0.2) is 6.07 Å². The Morgan fingerprint density at radius 2 is 1.92 bits per heavy atom. The fourth-order valence-electron chi connectivity index (χ4n) is 0.963. The Hall–Kier alpha value is -0.150. The molecular formula is C8H8Cl3NO. The van der Waals surface area contributed by atoms with Gasteiger partial charge in [-0.15, -0.1) is 0 Å². The lowest BCUT2D eigenvalue weighted by Crippen LogP contribution is -1.99. The van der Waals surface area contributed by atoms with Crippen molar-refractivity contribution in [3.63, 3.8) is 0 Å². The van der Waals surface area contributed by atoms with Crippen LogP contribution in [0.5, 0.6) is 5.75 Å². The number of hydrogen-bond acceptors (Lipinski definition) is 2. The maximum atomic E-state index is 5.90. The molecule has 1 rings (SSSR count). The molecule has 0 atom stereocenters. The number of nitrogens with two attached hydrogens (primary N) is 1. The molecule has 0 saturated carbocycles. The molecule has 0 aliphatic heterocycles. The summed E-state index contributed by atoms with van der Waals surface area (Å²) in [5.74, 6) is 0.380. The summed E-state index contributed by atoms with van der Waals surface area (Å²) < 4.78 is 4.97. The summed E-state index contributed by atoms with van der Waals surface area (Å²) in [5, 5.41) is 1.11. The van der Waals surface area contributed by atoms with E-state index >= 15 is 0 Å². The molecule has 0 aromatic heterocycles. The molecule has 72 valence electrons. The van der Waals surface area contributed by atoms with Crippen LogP contribution in [0.4, 0.5) is 0 Å². The van der Waals surface area contributed by atoms with E-state index in [2.05, 4.69) is 0 Å². The summed E-state index contributed by atoms with van der Waals surface area (Å²) in [7, 11) is 1.48. The van der Waals surface area contributed by atoms with Gasteiger partial charge in [0.15, 0.2) is 5.75 Å². The van der Waals surface area contributed by atoms with Crippen LogP contribution in [-0.2, 0) is 6.54 Å². The van der Waals surface area contributed by atoms with Gasteiger partial charge in [0.1, 0.15) is 5.02 Å². The standard InChI is InChI=1S/C8H8Cl3NO/c1-13-8-5(9)2-4(3-12)6(10)7(8)11/h2H,3,12H2,1H3. The summed E-state index contributed by atoms with van der Waals surface area (Å²) >= 11 is 17.6. The normalized spacial score (nSPS) is 10.2. The molecule has 0 bridgehead atoms. The van der Waals surface area contributed by atoms with E-state index in [1.807, 2.05) is 0 Å². The number of methoxy groups -OCH3 is 1. The highest BCUT2D eigenvalue weighted by molar-refractivity contribution is 6.45. The topological polar surface area (TPSA) is 35.2 Å². The zero-order valence-corrected chi connectivity index (χ0v) is 9.17. The molecule has 0 heterocycles. The molecule has 0 unspecified atom stereocenters. The van der Waals surface area contributed by atoms with Crippen LogP contribution >= 0.6 is 34.8 Å². The van der Waals surface area contributed by atoms with Gasteiger partial charge in [0.25, 0.3) is 0 Å². The summed E-state index contributed by atoms with van der Waals surface area (Å²) in [6.45, 7) is 0.294. The van der Waals surface area contributed by atoms with E-state index in [0.717, 1.165) is 0 Å². The molecule has 13 heavy (non-hydrogen) atoms. The Balaban J connectivity index is 3.37. The van der Waals surface area contributed by atoms with Crippen molar-refractivity contribution >= 4 is 34.8 Å². The Bertz CT molecular complexity index is 328. The SMILES string of the molecule is COc1c(Cl)cc(CN)c(Cl)c1Cl. The summed E-state index contributed by atoms with van der Waals surface area (Å²) in [4.78, 5) is 0. The Labute approximate surface area is 91.5 Å². The van der Waals surface area contributed by atoms with Crippen LogP contribution in [0.25, 0.3) is 0 Å². The average molecular weight is 241 g/mol. The van der Waals surface area contributed by atoms with Crippen LogP contribution in [0.3, 0.4) is 0 Å². The molecule has 2 N–H and O–H groups in total. The Morgan fingerprint density at radius 3 is 2.38 bits per heavy atom. The zero-order valence-electron chi connectivity index (χ0n) is 6.90. The molecular weight excluding hydrogens is 232 g/mol. The summed E-state index contributed by atoms with van der Waals surface area (Å²) in [6.07, 6.45) is 0. The third kappa shape index (κ3) is 2.02. The van der Waals surface area contributed by atoms with Crippen LogP contribution in [-0.4, -0.2) is 7.11 Å². The maximum absolute atomic E-state index is 5.90. The van der Waals surface area contributed by atoms with Gasteiger partial charge in [0.05, 0.1) is 17.2 Å². The molecule has 2 nitrogen and oxygen atoms in total. The fraction of sp³-hybridized carbons (Fsp3) is 0.250. The first-order valence-corrected chi connectivity index (χ1v) is 4.65. The fourth-order valence-corrected chi connectivity index (χ4v) is 1.83. The second-order valence-electron chi connectivity index (χ2n) is 2.38. The predicted molar refractivity (Wildman–Crippen MR) is 55.9 cm³/mol. The lowest BCUT2D eigenvalue weighted by Gasteiger charge is -2.10. The van der Waals surface area contributed by atoms with Gasteiger partial charge in [-0.2, -0.15) is 0 Å². The van der Waals surface area contributed by atoms with E-state index < -0.39 is 0 Å². The van der Waals surface area contributed by atoms with Gasteiger partial charge in [-0.3, -0.25) is 0 Å². The van der Waals surface area contributed by atoms with E-state index in [1.165, 1.54) is 7.11 Å². The van der Waals surface area contributed by atoms with Crippen LogP contribution < -0.4 is 10.5 Å². The van der Waals surface area contributed by atoms with Gasteiger partial charge in [0, 0.05) is 6.54 Å². The van der Waals surface area contributed by atoms with Gasteiger partial charge >= 0.3 is 0 Å². The van der Waals surface area contributed by atoms with Crippen LogP contribution in [0, 0.1) is 0 Å². The third-order valence-electron chi connectivity index (χ3n) is 1.62. The molecule has 0 fully saturated rings. The molecule has 0 spiro atoms. The van der Waals surface area contributed by atoms with Gasteiger partial charge in [-0.1, -0.05) is 34.8 Å². The number of halogens is 3. The lowest BCUT2D eigenvalue weighted by atomic mass is 10.2. The monoisotopic (exact) mass is 239 g/mol. The second-order valence-corrected chi connectivity index (χ2v) is 3.55. The highest BCUT2D eigenvalue weighted by Gasteiger charge is 2.13.